The minimum absolute atomic E-state index is 0.0539. The highest BCUT2D eigenvalue weighted by Crippen LogP contribution is 2.18. The molecule has 0 atom stereocenters. The summed E-state index contributed by atoms with van der Waals surface area (Å²) in [6.07, 6.45) is 2.13. The molecule has 1 saturated heterocycles. The van der Waals surface area contributed by atoms with Crippen LogP contribution in [-0.4, -0.2) is 36.3 Å². The molecule has 0 aliphatic carbocycles. The van der Waals surface area contributed by atoms with Gasteiger partial charge in [-0.3, -0.25) is 9.59 Å². The first-order valence-electron chi connectivity index (χ1n) is 10.9. The average Bonchev–Trinajstić information content (AvgIpc) is 3.38. The summed E-state index contributed by atoms with van der Waals surface area (Å²) in [6.45, 7) is 2.29. The number of amides is 2. The van der Waals surface area contributed by atoms with Crippen molar-refractivity contribution in [3.63, 3.8) is 0 Å². The second kappa shape index (κ2) is 10.5. The molecule has 4 rings (SSSR count). The Morgan fingerprint density at radius 2 is 1.47 bits per heavy atom. The molecule has 6 heteroatoms. The highest BCUT2D eigenvalue weighted by atomic mass is 16.5. The van der Waals surface area contributed by atoms with Crippen LogP contribution in [0.5, 0.6) is 5.75 Å². The monoisotopic (exact) mass is 429 g/mol. The molecule has 0 aromatic heterocycles. The van der Waals surface area contributed by atoms with Gasteiger partial charge in [-0.25, -0.2) is 0 Å². The first kappa shape index (κ1) is 21.4. The Hall–Kier alpha value is -3.80. The molecule has 0 saturated carbocycles. The highest BCUT2D eigenvalue weighted by molar-refractivity contribution is 5.96. The van der Waals surface area contributed by atoms with E-state index in [1.165, 1.54) is 0 Å². The summed E-state index contributed by atoms with van der Waals surface area (Å²) in [6, 6.07) is 24.6. The van der Waals surface area contributed by atoms with Crippen molar-refractivity contribution in [2.45, 2.75) is 19.4 Å². The lowest BCUT2D eigenvalue weighted by atomic mass is 10.2. The Labute approximate surface area is 188 Å². The van der Waals surface area contributed by atoms with Crippen LogP contribution in [0.2, 0.25) is 0 Å². The molecule has 0 unspecified atom stereocenters. The van der Waals surface area contributed by atoms with E-state index in [0.717, 1.165) is 42.9 Å². The van der Waals surface area contributed by atoms with E-state index in [1.54, 1.807) is 24.3 Å². The smallest absolute Gasteiger partial charge is 0.253 e. The number of anilines is 2. The second-order valence-corrected chi connectivity index (χ2v) is 7.78. The predicted octanol–water partition coefficient (Wildman–Crippen LogP) is 4.55. The van der Waals surface area contributed by atoms with Crippen molar-refractivity contribution in [3.8, 4) is 5.75 Å². The molecule has 0 spiro atoms. The van der Waals surface area contributed by atoms with Gasteiger partial charge in [0.25, 0.3) is 5.91 Å². The van der Waals surface area contributed by atoms with Gasteiger partial charge in [-0.2, -0.15) is 0 Å². The van der Waals surface area contributed by atoms with E-state index in [2.05, 4.69) is 10.6 Å². The van der Waals surface area contributed by atoms with Crippen LogP contribution in [-0.2, 0) is 11.4 Å². The summed E-state index contributed by atoms with van der Waals surface area (Å²) in [5, 5.41) is 5.95. The van der Waals surface area contributed by atoms with Crippen LogP contribution in [0.1, 0.15) is 28.8 Å². The van der Waals surface area contributed by atoms with Crippen molar-refractivity contribution in [2.24, 2.45) is 0 Å². The molecular weight excluding hydrogens is 402 g/mol. The fourth-order valence-electron chi connectivity index (χ4n) is 3.60. The molecule has 1 aliphatic heterocycles. The zero-order valence-electron chi connectivity index (χ0n) is 17.9. The molecule has 1 aliphatic rings. The average molecular weight is 430 g/mol. The van der Waals surface area contributed by atoms with Crippen LogP contribution in [0.25, 0.3) is 0 Å². The Balaban J connectivity index is 1.22. The largest absolute Gasteiger partial charge is 0.489 e. The van der Waals surface area contributed by atoms with Gasteiger partial charge in [0.2, 0.25) is 5.91 Å². The number of carbonyl (C=O) groups excluding carboxylic acids is 2. The van der Waals surface area contributed by atoms with E-state index < -0.39 is 0 Å². The fraction of sp³-hybridized carbons (Fsp3) is 0.231. The molecule has 6 nitrogen and oxygen atoms in total. The molecule has 1 heterocycles. The van der Waals surface area contributed by atoms with Gasteiger partial charge >= 0.3 is 0 Å². The van der Waals surface area contributed by atoms with Crippen LogP contribution in [0.15, 0.2) is 78.9 Å². The summed E-state index contributed by atoms with van der Waals surface area (Å²) < 4.78 is 5.78. The van der Waals surface area contributed by atoms with Crippen molar-refractivity contribution in [2.75, 3.05) is 30.3 Å². The van der Waals surface area contributed by atoms with Crippen molar-refractivity contribution in [3.05, 3.63) is 90.0 Å². The highest BCUT2D eigenvalue weighted by Gasteiger charge is 2.19. The van der Waals surface area contributed by atoms with Gasteiger partial charge in [0.15, 0.2) is 0 Å². The third-order valence-corrected chi connectivity index (χ3v) is 5.36. The Bertz CT molecular complexity index is 1030. The van der Waals surface area contributed by atoms with E-state index in [0.29, 0.717) is 17.9 Å². The van der Waals surface area contributed by atoms with Crippen molar-refractivity contribution in [1.29, 1.82) is 0 Å². The standard InChI is InChI=1S/C26H27N3O3/c30-25(28-23-10-8-21(9-11-23)26(31)29-16-4-5-17-29)18-27-22-12-14-24(15-13-22)32-19-20-6-2-1-3-7-20/h1-3,6-15,27H,4-5,16-19H2,(H,28,30). The molecule has 164 valence electrons. The van der Waals surface area contributed by atoms with E-state index in [9.17, 15) is 9.59 Å². The second-order valence-electron chi connectivity index (χ2n) is 7.78. The lowest BCUT2D eigenvalue weighted by Gasteiger charge is -2.15. The van der Waals surface area contributed by atoms with Gasteiger partial charge in [-0.1, -0.05) is 30.3 Å². The van der Waals surface area contributed by atoms with Gasteiger partial charge in [0.1, 0.15) is 12.4 Å². The van der Waals surface area contributed by atoms with Crippen LogP contribution in [0.4, 0.5) is 11.4 Å². The molecule has 0 radical (unpaired) electrons. The predicted molar refractivity (Wildman–Crippen MR) is 126 cm³/mol. The molecule has 32 heavy (non-hydrogen) atoms. The number of carbonyl (C=O) groups is 2. The van der Waals surface area contributed by atoms with Crippen molar-refractivity contribution < 1.29 is 14.3 Å². The SMILES string of the molecule is O=C(CNc1ccc(OCc2ccccc2)cc1)Nc1ccc(C(=O)N2CCCC2)cc1. The lowest BCUT2D eigenvalue weighted by molar-refractivity contribution is -0.114. The summed E-state index contributed by atoms with van der Waals surface area (Å²) in [4.78, 5) is 26.5. The fourth-order valence-corrected chi connectivity index (χ4v) is 3.60. The third-order valence-electron chi connectivity index (χ3n) is 5.36. The third kappa shape index (κ3) is 5.88. The van der Waals surface area contributed by atoms with Crippen LogP contribution < -0.4 is 15.4 Å². The summed E-state index contributed by atoms with van der Waals surface area (Å²) in [5.74, 6) is 0.665. The summed E-state index contributed by atoms with van der Waals surface area (Å²) in [7, 11) is 0. The molecule has 3 aromatic rings. The number of ether oxygens (including phenoxy) is 1. The van der Waals surface area contributed by atoms with E-state index in [-0.39, 0.29) is 18.4 Å². The molecule has 1 fully saturated rings. The van der Waals surface area contributed by atoms with Crippen LogP contribution in [0, 0.1) is 0 Å². The molecule has 3 aromatic carbocycles. The van der Waals surface area contributed by atoms with Gasteiger partial charge < -0.3 is 20.3 Å². The van der Waals surface area contributed by atoms with Gasteiger partial charge in [0, 0.05) is 30.0 Å². The van der Waals surface area contributed by atoms with Crippen molar-refractivity contribution in [1.82, 2.24) is 4.90 Å². The molecule has 2 amide bonds. The number of nitrogens with one attached hydrogen (secondary N) is 2. The Morgan fingerprint density at radius 1 is 0.812 bits per heavy atom. The number of rotatable bonds is 8. The molecule has 2 N–H and O–H groups in total. The Kier molecular flexibility index (Phi) is 7.02. The van der Waals surface area contributed by atoms with E-state index in [1.807, 2.05) is 59.5 Å². The normalized spacial score (nSPS) is 12.9. The van der Waals surface area contributed by atoms with Crippen molar-refractivity contribution >= 4 is 23.2 Å². The zero-order valence-corrected chi connectivity index (χ0v) is 17.9. The number of hydrogen-bond donors (Lipinski definition) is 2. The summed E-state index contributed by atoms with van der Waals surface area (Å²) >= 11 is 0. The number of hydrogen-bond acceptors (Lipinski definition) is 4. The topological polar surface area (TPSA) is 70.7 Å². The van der Waals surface area contributed by atoms with Crippen LogP contribution >= 0.6 is 0 Å². The van der Waals surface area contributed by atoms with Gasteiger partial charge in [-0.05, 0) is 66.9 Å². The maximum atomic E-state index is 12.4. The first-order valence-corrected chi connectivity index (χ1v) is 10.9. The zero-order chi connectivity index (χ0) is 22.2. The lowest BCUT2D eigenvalue weighted by Crippen LogP contribution is -2.27. The molecule has 0 bridgehead atoms. The quantitative estimate of drug-likeness (QED) is 0.551. The number of benzene rings is 3. The van der Waals surface area contributed by atoms with Gasteiger partial charge in [0.05, 0.1) is 6.54 Å². The first-order chi connectivity index (χ1) is 15.7. The Morgan fingerprint density at radius 3 is 2.16 bits per heavy atom. The van der Waals surface area contributed by atoms with Gasteiger partial charge in [-0.15, -0.1) is 0 Å². The van der Waals surface area contributed by atoms with Crippen LogP contribution in [0.3, 0.4) is 0 Å². The number of likely N-dealkylation sites (tertiary alicyclic amines) is 1. The minimum Gasteiger partial charge on any atom is -0.489 e. The minimum atomic E-state index is -0.159. The molecular formula is C26H27N3O3. The number of nitrogens with zero attached hydrogens (tertiary/aromatic N) is 1. The maximum Gasteiger partial charge on any atom is 0.253 e. The maximum absolute atomic E-state index is 12.4. The summed E-state index contributed by atoms with van der Waals surface area (Å²) in [5.41, 5.74) is 3.26. The van der Waals surface area contributed by atoms with E-state index in [4.69, 9.17) is 4.74 Å². The van der Waals surface area contributed by atoms with E-state index >= 15 is 0 Å².